The summed E-state index contributed by atoms with van der Waals surface area (Å²) in [6, 6.07) is 12.2. The SMILES string of the molecule is CNc1cccc([C@H]2CN(Cc3ccc4c(c3)OCCO4)CCO2)n1. The summed E-state index contributed by atoms with van der Waals surface area (Å²) >= 11 is 0. The Morgan fingerprint density at radius 1 is 1.12 bits per heavy atom. The Morgan fingerprint density at radius 3 is 2.88 bits per heavy atom. The highest BCUT2D eigenvalue weighted by molar-refractivity contribution is 5.43. The molecule has 0 unspecified atom stereocenters. The van der Waals surface area contributed by atoms with Crippen LogP contribution in [-0.2, 0) is 11.3 Å². The molecule has 0 bridgehead atoms. The first-order chi connectivity index (χ1) is 12.3. The number of aromatic nitrogens is 1. The van der Waals surface area contributed by atoms with Crippen molar-refractivity contribution in [2.45, 2.75) is 12.6 Å². The molecule has 0 aliphatic carbocycles. The van der Waals surface area contributed by atoms with Crippen molar-refractivity contribution >= 4 is 5.82 Å². The number of morpholine rings is 1. The molecule has 1 fully saturated rings. The molecule has 25 heavy (non-hydrogen) atoms. The van der Waals surface area contributed by atoms with E-state index >= 15 is 0 Å². The highest BCUT2D eigenvalue weighted by Crippen LogP contribution is 2.31. The molecule has 6 heteroatoms. The maximum absolute atomic E-state index is 5.95. The summed E-state index contributed by atoms with van der Waals surface area (Å²) in [5.74, 6) is 2.55. The molecule has 0 saturated carbocycles. The zero-order valence-electron chi connectivity index (χ0n) is 14.4. The standard InChI is InChI=1S/C19H23N3O3/c1-20-19-4-2-3-15(21-19)18-13-22(7-8-23-18)12-14-5-6-16-17(11-14)25-10-9-24-16/h2-6,11,18H,7-10,12-13H2,1H3,(H,20,21)/t18-/m1/s1. The molecule has 0 radical (unpaired) electrons. The summed E-state index contributed by atoms with van der Waals surface area (Å²) in [4.78, 5) is 7.01. The summed E-state index contributed by atoms with van der Waals surface area (Å²) in [6.07, 6.45) is -0.000685. The maximum Gasteiger partial charge on any atom is 0.161 e. The van der Waals surface area contributed by atoms with Crippen molar-refractivity contribution in [2.75, 3.05) is 45.3 Å². The predicted octanol–water partition coefficient (Wildman–Crippen LogP) is 2.47. The second kappa shape index (κ2) is 7.29. The van der Waals surface area contributed by atoms with E-state index in [2.05, 4.69) is 27.3 Å². The van der Waals surface area contributed by atoms with E-state index < -0.39 is 0 Å². The largest absolute Gasteiger partial charge is 0.486 e. The number of fused-ring (bicyclic) bond motifs is 1. The van der Waals surface area contributed by atoms with Crippen molar-refractivity contribution in [3.63, 3.8) is 0 Å². The lowest BCUT2D eigenvalue weighted by Gasteiger charge is -2.33. The molecule has 2 aliphatic rings. The van der Waals surface area contributed by atoms with Crippen LogP contribution in [0, 0.1) is 0 Å². The van der Waals surface area contributed by atoms with E-state index in [-0.39, 0.29) is 6.10 Å². The molecule has 0 spiro atoms. The number of nitrogens with zero attached hydrogens (tertiary/aromatic N) is 2. The number of rotatable bonds is 4. The Hall–Kier alpha value is -2.31. The molecule has 3 heterocycles. The summed E-state index contributed by atoms with van der Waals surface area (Å²) < 4.78 is 17.2. The lowest BCUT2D eigenvalue weighted by atomic mass is 10.1. The Morgan fingerprint density at radius 2 is 2.00 bits per heavy atom. The van der Waals surface area contributed by atoms with E-state index in [1.165, 1.54) is 5.56 Å². The molecule has 132 valence electrons. The maximum atomic E-state index is 5.95. The molecule has 2 aromatic rings. The van der Waals surface area contributed by atoms with Gasteiger partial charge in [-0.1, -0.05) is 12.1 Å². The van der Waals surface area contributed by atoms with Crippen LogP contribution >= 0.6 is 0 Å². The van der Waals surface area contributed by atoms with E-state index in [1.54, 1.807) is 0 Å². The highest BCUT2D eigenvalue weighted by Gasteiger charge is 2.23. The van der Waals surface area contributed by atoms with Crippen LogP contribution in [0.15, 0.2) is 36.4 Å². The Bertz CT molecular complexity index is 738. The number of ether oxygens (including phenoxy) is 3. The number of hydrogen-bond acceptors (Lipinski definition) is 6. The van der Waals surface area contributed by atoms with Crippen LogP contribution in [-0.4, -0.2) is 49.8 Å². The lowest BCUT2D eigenvalue weighted by Crippen LogP contribution is -2.38. The van der Waals surface area contributed by atoms with Crippen molar-refractivity contribution < 1.29 is 14.2 Å². The zero-order valence-corrected chi connectivity index (χ0v) is 14.4. The number of nitrogens with one attached hydrogen (secondary N) is 1. The van der Waals surface area contributed by atoms with Gasteiger partial charge in [-0.05, 0) is 29.8 Å². The summed E-state index contributed by atoms with van der Waals surface area (Å²) in [7, 11) is 1.88. The molecular formula is C19H23N3O3. The van der Waals surface area contributed by atoms with Crippen molar-refractivity contribution in [3.8, 4) is 11.5 Å². The van der Waals surface area contributed by atoms with E-state index in [9.17, 15) is 0 Å². The third-order valence-electron chi connectivity index (χ3n) is 4.52. The van der Waals surface area contributed by atoms with Crippen molar-refractivity contribution in [1.29, 1.82) is 0 Å². The number of benzene rings is 1. The summed E-state index contributed by atoms with van der Waals surface area (Å²) in [5, 5.41) is 3.08. The fourth-order valence-electron chi connectivity index (χ4n) is 3.24. The minimum Gasteiger partial charge on any atom is -0.486 e. The van der Waals surface area contributed by atoms with Crippen LogP contribution in [0.25, 0.3) is 0 Å². The van der Waals surface area contributed by atoms with Gasteiger partial charge in [-0.15, -0.1) is 0 Å². The molecule has 4 rings (SSSR count). The van der Waals surface area contributed by atoms with Crippen LogP contribution in [0.4, 0.5) is 5.82 Å². The van der Waals surface area contributed by atoms with Gasteiger partial charge in [0.25, 0.3) is 0 Å². The first kappa shape index (κ1) is 16.2. The van der Waals surface area contributed by atoms with Crippen LogP contribution in [0.5, 0.6) is 11.5 Å². The minimum absolute atomic E-state index is 0.000685. The average molecular weight is 341 g/mol. The molecule has 0 amide bonds. The Kier molecular flexibility index (Phi) is 4.72. The molecule has 1 saturated heterocycles. The second-order valence-corrected chi connectivity index (χ2v) is 6.27. The molecule has 1 aromatic heterocycles. The molecule has 1 aromatic carbocycles. The normalized spacial score (nSPS) is 20.3. The van der Waals surface area contributed by atoms with Crippen LogP contribution < -0.4 is 14.8 Å². The van der Waals surface area contributed by atoms with Gasteiger partial charge in [0.2, 0.25) is 0 Å². The van der Waals surface area contributed by atoms with Crippen molar-refractivity contribution in [1.82, 2.24) is 9.88 Å². The van der Waals surface area contributed by atoms with Crippen LogP contribution in [0.2, 0.25) is 0 Å². The predicted molar refractivity (Wildman–Crippen MR) is 95.2 cm³/mol. The first-order valence-electron chi connectivity index (χ1n) is 8.69. The lowest BCUT2D eigenvalue weighted by molar-refractivity contribution is -0.0349. The summed E-state index contributed by atoms with van der Waals surface area (Å²) in [5.41, 5.74) is 2.19. The second-order valence-electron chi connectivity index (χ2n) is 6.27. The van der Waals surface area contributed by atoms with Gasteiger partial charge in [-0.3, -0.25) is 4.90 Å². The van der Waals surface area contributed by atoms with E-state index in [4.69, 9.17) is 14.2 Å². The fraction of sp³-hybridized carbons (Fsp3) is 0.421. The number of anilines is 1. The fourth-order valence-corrected chi connectivity index (χ4v) is 3.24. The van der Waals surface area contributed by atoms with Crippen LogP contribution in [0.3, 0.4) is 0 Å². The molecule has 1 N–H and O–H groups in total. The van der Waals surface area contributed by atoms with Gasteiger partial charge in [-0.2, -0.15) is 0 Å². The van der Waals surface area contributed by atoms with Gasteiger partial charge in [0, 0.05) is 26.7 Å². The highest BCUT2D eigenvalue weighted by atomic mass is 16.6. The van der Waals surface area contributed by atoms with Crippen molar-refractivity contribution in [3.05, 3.63) is 47.7 Å². The van der Waals surface area contributed by atoms with Gasteiger partial charge < -0.3 is 19.5 Å². The van der Waals surface area contributed by atoms with Crippen molar-refractivity contribution in [2.24, 2.45) is 0 Å². The smallest absolute Gasteiger partial charge is 0.161 e. The molecule has 1 atom stereocenters. The van der Waals surface area contributed by atoms with Gasteiger partial charge >= 0.3 is 0 Å². The van der Waals surface area contributed by atoms with E-state index in [0.29, 0.717) is 19.8 Å². The quantitative estimate of drug-likeness (QED) is 0.922. The third-order valence-corrected chi connectivity index (χ3v) is 4.52. The first-order valence-corrected chi connectivity index (χ1v) is 8.69. The van der Waals surface area contributed by atoms with Gasteiger partial charge in [0.05, 0.1) is 12.3 Å². The molecule has 6 nitrogen and oxygen atoms in total. The number of hydrogen-bond donors (Lipinski definition) is 1. The van der Waals surface area contributed by atoms with Gasteiger partial charge in [0.1, 0.15) is 25.1 Å². The zero-order chi connectivity index (χ0) is 17.1. The van der Waals surface area contributed by atoms with Crippen LogP contribution in [0.1, 0.15) is 17.4 Å². The Balaban J connectivity index is 1.44. The topological polar surface area (TPSA) is 55.9 Å². The van der Waals surface area contributed by atoms with Gasteiger partial charge in [0.15, 0.2) is 11.5 Å². The van der Waals surface area contributed by atoms with Gasteiger partial charge in [-0.25, -0.2) is 4.98 Å². The molecular weight excluding hydrogens is 318 g/mol. The number of pyridine rings is 1. The minimum atomic E-state index is -0.000685. The average Bonchev–Trinajstić information content (AvgIpc) is 2.68. The monoisotopic (exact) mass is 341 g/mol. The molecule has 2 aliphatic heterocycles. The van der Waals surface area contributed by atoms with E-state index in [0.717, 1.165) is 42.6 Å². The summed E-state index contributed by atoms with van der Waals surface area (Å²) in [6.45, 7) is 4.55. The third kappa shape index (κ3) is 3.70. The Labute approximate surface area is 147 Å². The van der Waals surface area contributed by atoms with E-state index in [1.807, 2.05) is 31.3 Å².